The van der Waals surface area contributed by atoms with Crippen molar-refractivity contribution in [2.75, 3.05) is 10.6 Å². The highest BCUT2D eigenvalue weighted by atomic mass is 35.5. The van der Waals surface area contributed by atoms with Gasteiger partial charge in [0.05, 0.1) is 0 Å². The second kappa shape index (κ2) is 6.32. The van der Waals surface area contributed by atoms with Crippen LogP contribution in [0, 0.1) is 0 Å². The van der Waals surface area contributed by atoms with Gasteiger partial charge in [-0.25, -0.2) is 4.79 Å². The minimum absolute atomic E-state index is 0.262. The van der Waals surface area contributed by atoms with Gasteiger partial charge in [-0.3, -0.25) is 5.32 Å². The Morgan fingerprint density at radius 2 is 1.73 bits per heavy atom. The van der Waals surface area contributed by atoms with E-state index < -0.39 is 6.03 Å². The first-order valence-electron chi connectivity index (χ1n) is 6.56. The van der Waals surface area contributed by atoms with Crippen molar-refractivity contribution in [3.63, 3.8) is 0 Å². The van der Waals surface area contributed by atoms with Crippen molar-refractivity contribution in [2.24, 2.45) is 0 Å². The number of rotatable bonds is 3. The van der Waals surface area contributed by atoms with E-state index in [-0.39, 0.29) is 5.88 Å². The molecular weight excluding hydrogens is 302 g/mol. The molecule has 0 atom stereocenters. The molecule has 1 aromatic heterocycles. The lowest BCUT2D eigenvalue weighted by Gasteiger charge is -2.03. The van der Waals surface area contributed by atoms with Crippen LogP contribution in [0.15, 0.2) is 65.2 Å². The standard InChI is InChI=1S/C16H12ClN3O2/c17-12-8-6-11(7-9-12)14-10-15(22-20-14)19-16(21)18-13-4-2-1-3-5-13/h1-10H,(H2,18,19,21). The van der Waals surface area contributed by atoms with Crippen molar-refractivity contribution < 1.29 is 9.32 Å². The third-order valence-corrected chi connectivity index (χ3v) is 3.17. The van der Waals surface area contributed by atoms with Crippen molar-refractivity contribution in [3.05, 3.63) is 65.7 Å². The van der Waals surface area contributed by atoms with Crippen molar-refractivity contribution in [1.82, 2.24) is 5.16 Å². The van der Waals surface area contributed by atoms with E-state index in [1.165, 1.54) is 0 Å². The van der Waals surface area contributed by atoms with Gasteiger partial charge in [0.15, 0.2) is 0 Å². The summed E-state index contributed by atoms with van der Waals surface area (Å²) in [6, 6.07) is 17.6. The molecule has 110 valence electrons. The summed E-state index contributed by atoms with van der Waals surface area (Å²) < 4.78 is 5.10. The van der Waals surface area contributed by atoms with Gasteiger partial charge in [-0.2, -0.15) is 0 Å². The first kappa shape index (κ1) is 14.2. The van der Waals surface area contributed by atoms with E-state index >= 15 is 0 Å². The number of nitrogens with zero attached hydrogens (tertiary/aromatic N) is 1. The summed E-state index contributed by atoms with van der Waals surface area (Å²) in [5.41, 5.74) is 2.16. The van der Waals surface area contributed by atoms with Crippen LogP contribution in [-0.2, 0) is 0 Å². The van der Waals surface area contributed by atoms with Gasteiger partial charge in [-0.1, -0.05) is 47.1 Å². The van der Waals surface area contributed by atoms with E-state index in [2.05, 4.69) is 15.8 Å². The van der Waals surface area contributed by atoms with Crippen molar-refractivity contribution >= 4 is 29.2 Å². The lowest BCUT2D eigenvalue weighted by molar-refractivity contribution is 0.261. The number of urea groups is 1. The number of benzene rings is 2. The highest BCUT2D eigenvalue weighted by molar-refractivity contribution is 6.30. The smallest absolute Gasteiger partial charge is 0.326 e. The number of anilines is 2. The summed E-state index contributed by atoms with van der Waals surface area (Å²) >= 11 is 5.84. The molecule has 0 saturated heterocycles. The molecule has 2 N–H and O–H groups in total. The molecule has 1 heterocycles. The Morgan fingerprint density at radius 1 is 1.00 bits per heavy atom. The Kier molecular flexibility index (Phi) is 4.07. The van der Waals surface area contributed by atoms with Crippen molar-refractivity contribution in [1.29, 1.82) is 0 Å². The fourth-order valence-electron chi connectivity index (χ4n) is 1.89. The molecule has 0 radical (unpaired) electrons. The van der Waals surface area contributed by atoms with Crippen LogP contribution in [-0.4, -0.2) is 11.2 Å². The fraction of sp³-hybridized carbons (Fsp3) is 0. The number of nitrogens with one attached hydrogen (secondary N) is 2. The quantitative estimate of drug-likeness (QED) is 0.740. The van der Waals surface area contributed by atoms with Crippen molar-refractivity contribution in [3.8, 4) is 11.3 Å². The normalized spacial score (nSPS) is 10.2. The molecule has 3 aromatic rings. The predicted octanol–water partition coefficient (Wildman–Crippen LogP) is 4.64. The maximum Gasteiger partial charge on any atom is 0.326 e. The molecule has 0 aliphatic carbocycles. The Bertz CT molecular complexity index is 770. The van der Waals surface area contributed by atoms with E-state index in [1.807, 2.05) is 30.3 Å². The molecule has 0 aliphatic rings. The van der Waals surface area contributed by atoms with Crippen LogP contribution in [0.1, 0.15) is 0 Å². The summed E-state index contributed by atoms with van der Waals surface area (Å²) in [5, 5.41) is 9.84. The molecule has 0 fully saturated rings. The van der Waals surface area contributed by atoms with Gasteiger partial charge in [-0.05, 0) is 24.3 Å². The van der Waals surface area contributed by atoms with E-state index in [1.54, 1.807) is 30.3 Å². The highest BCUT2D eigenvalue weighted by Crippen LogP contribution is 2.23. The zero-order valence-electron chi connectivity index (χ0n) is 11.4. The molecule has 6 heteroatoms. The molecule has 0 bridgehead atoms. The molecule has 3 rings (SSSR count). The maximum atomic E-state index is 11.8. The predicted molar refractivity (Wildman–Crippen MR) is 86.0 cm³/mol. The first-order valence-corrected chi connectivity index (χ1v) is 6.94. The van der Waals surface area contributed by atoms with Crippen molar-refractivity contribution in [2.45, 2.75) is 0 Å². The second-order valence-electron chi connectivity index (χ2n) is 4.53. The van der Waals surface area contributed by atoms with Crippen LogP contribution in [0.25, 0.3) is 11.3 Å². The topological polar surface area (TPSA) is 67.2 Å². The number of halogens is 1. The maximum absolute atomic E-state index is 11.8. The van der Waals surface area contributed by atoms with Gasteiger partial charge in [-0.15, -0.1) is 0 Å². The summed E-state index contributed by atoms with van der Waals surface area (Å²) in [4.78, 5) is 11.8. The van der Waals surface area contributed by atoms with E-state index in [0.29, 0.717) is 16.4 Å². The van der Waals surface area contributed by atoms with E-state index in [9.17, 15) is 4.79 Å². The number of aromatic nitrogens is 1. The van der Waals surface area contributed by atoms with Gasteiger partial charge < -0.3 is 9.84 Å². The number of carbonyl (C=O) groups is 1. The van der Waals surface area contributed by atoms with Gasteiger partial charge >= 0.3 is 6.03 Å². The van der Waals surface area contributed by atoms with Crippen LogP contribution in [0.4, 0.5) is 16.4 Å². The lowest BCUT2D eigenvalue weighted by atomic mass is 10.1. The van der Waals surface area contributed by atoms with E-state index in [4.69, 9.17) is 16.1 Å². The zero-order chi connectivity index (χ0) is 15.4. The molecule has 0 spiro atoms. The van der Waals surface area contributed by atoms with Crippen LogP contribution < -0.4 is 10.6 Å². The van der Waals surface area contributed by atoms with Gasteiger partial charge in [0.25, 0.3) is 0 Å². The molecular formula is C16H12ClN3O2. The highest BCUT2D eigenvalue weighted by Gasteiger charge is 2.09. The number of para-hydroxylation sites is 1. The first-order chi connectivity index (χ1) is 10.7. The monoisotopic (exact) mass is 313 g/mol. The minimum Gasteiger partial charge on any atom is -0.338 e. The van der Waals surface area contributed by atoms with Gasteiger partial charge in [0.2, 0.25) is 5.88 Å². The number of hydrogen-bond donors (Lipinski definition) is 2. The Balaban J connectivity index is 1.66. The average molecular weight is 314 g/mol. The average Bonchev–Trinajstić information content (AvgIpc) is 2.97. The lowest BCUT2D eigenvalue weighted by Crippen LogP contribution is -2.18. The molecule has 0 unspecified atom stereocenters. The van der Waals surface area contributed by atoms with Crippen LogP contribution in [0.3, 0.4) is 0 Å². The molecule has 22 heavy (non-hydrogen) atoms. The molecule has 0 saturated carbocycles. The summed E-state index contributed by atoms with van der Waals surface area (Å²) in [7, 11) is 0. The number of amides is 2. The molecule has 5 nitrogen and oxygen atoms in total. The summed E-state index contributed by atoms with van der Waals surface area (Å²) in [6.45, 7) is 0. The fourth-order valence-corrected chi connectivity index (χ4v) is 2.01. The zero-order valence-corrected chi connectivity index (χ0v) is 12.2. The minimum atomic E-state index is -0.398. The number of carbonyl (C=O) groups excluding carboxylic acids is 1. The Morgan fingerprint density at radius 3 is 2.45 bits per heavy atom. The summed E-state index contributed by atoms with van der Waals surface area (Å²) in [5.74, 6) is 0.262. The Labute approximate surface area is 131 Å². The molecule has 0 aliphatic heterocycles. The van der Waals surface area contributed by atoms with Crippen LogP contribution in [0.5, 0.6) is 0 Å². The van der Waals surface area contributed by atoms with Crippen LogP contribution >= 0.6 is 11.6 Å². The molecule has 2 amide bonds. The van der Waals surface area contributed by atoms with E-state index in [0.717, 1.165) is 5.56 Å². The summed E-state index contributed by atoms with van der Waals surface area (Å²) in [6.07, 6.45) is 0. The third-order valence-electron chi connectivity index (χ3n) is 2.92. The molecule has 2 aromatic carbocycles. The van der Waals surface area contributed by atoms with Gasteiger partial charge in [0.1, 0.15) is 5.69 Å². The third kappa shape index (κ3) is 3.45. The van der Waals surface area contributed by atoms with Crippen LogP contribution in [0.2, 0.25) is 5.02 Å². The second-order valence-corrected chi connectivity index (χ2v) is 4.96. The Hall–Kier alpha value is -2.79. The largest absolute Gasteiger partial charge is 0.338 e. The number of hydrogen-bond acceptors (Lipinski definition) is 3. The van der Waals surface area contributed by atoms with Gasteiger partial charge in [0, 0.05) is 22.3 Å². The SMILES string of the molecule is O=C(Nc1ccccc1)Nc1cc(-c2ccc(Cl)cc2)no1.